The standard InChI is InChI=1S/C20H22N6/c1-14-11-20-22-13-19(16(3)26(20)23-14)15(2)21-12-17-9-10-25(24-17)18-7-5-4-6-8-18/h4-11,13,15,21H,12H2,1-3H3. The average Bonchev–Trinajstić information content (AvgIpc) is 3.27. The van der Waals surface area contributed by atoms with Gasteiger partial charge in [0.15, 0.2) is 5.65 Å². The number of para-hydroxylation sites is 1. The quantitative estimate of drug-likeness (QED) is 0.602. The van der Waals surface area contributed by atoms with E-state index in [0.717, 1.165) is 34.0 Å². The van der Waals surface area contributed by atoms with Crippen molar-refractivity contribution in [1.82, 2.24) is 29.7 Å². The number of nitrogens with one attached hydrogen (secondary N) is 1. The molecule has 1 aromatic carbocycles. The minimum atomic E-state index is 0.151. The molecular weight excluding hydrogens is 324 g/mol. The molecule has 0 spiro atoms. The first-order valence-corrected chi connectivity index (χ1v) is 8.77. The Labute approximate surface area is 152 Å². The molecule has 1 atom stereocenters. The number of aryl methyl sites for hydroxylation is 2. The van der Waals surface area contributed by atoms with Crippen LogP contribution in [0.25, 0.3) is 11.3 Å². The van der Waals surface area contributed by atoms with Gasteiger partial charge in [0, 0.05) is 42.3 Å². The van der Waals surface area contributed by atoms with Crippen molar-refractivity contribution < 1.29 is 0 Å². The monoisotopic (exact) mass is 346 g/mol. The van der Waals surface area contributed by atoms with Gasteiger partial charge < -0.3 is 5.32 Å². The summed E-state index contributed by atoms with van der Waals surface area (Å²) in [5.41, 5.74) is 6.18. The maximum absolute atomic E-state index is 4.64. The summed E-state index contributed by atoms with van der Waals surface area (Å²) in [4.78, 5) is 4.52. The van der Waals surface area contributed by atoms with Crippen molar-refractivity contribution in [2.75, 3.05) is 0 Å². The van der Waals surface area contributed by atoms with Gasteiger partial charge in [0.05, 0.1) is 17.1 Å². The highest BCUT2D eigenvalue weighted by atomic mass is 15.3. The van der Waals surface area contributed by atoms with Crippen LogP contribution in [0.2, 0.25) is 0 Å². The van der Waals surface area contributed by atoms with Crippen LogP contribution in [-0.2, 0) is 6.54 Å². The Bertz CT molecular complexity index is 1030. The van der Waals surface area contributed by atoms with Crippen LogP contribution in [-0.4, -0.2) is 24.4 Å². The van der Waals surface area contributed by atoms with Crippen LogP contribution in [0.3, 0.4) is 0 Å². The number of aromatic nitrogens is 5. The maximum atomic E-state index is 4.64. The van der Waals surface area contributed by atoms with Gasteiger partial charge in [-0.1, -0.05) is 18.2 Å². The number of hydrogen-bond acceptors (Lipinski definition) is 4. The van der Waals surface area contributed by atoms with E-state index in [9.17, 15) is 0 Å². The zero-order valence-electron chi connectivity index (χ0n) is 15.2. The van der Waals surface area contributed by atoms with Gasteiger partial charge in [-0.2, -0.15) is 10.2 Å². The normalized spacial score (nSPS) is 12.6. The van der Waals surface area contributed by atoms with Gasteiger partial charge in [0.2, 0.25) is 0 Å². The molecule has 132 valence electrons. The zero-order valence-corrected chi connectivity index (χ0v) is 15.2. The fourth-order valence-electron chi connectivity index (χ4n) is 3.15. The van der Waals surface area contributed by atoms with Gasteiger partial charge in [0.1, 0.15) is 0 Å². The van der Waals surface area contributed by atoms with E-state index in [4.69, 9.17) is 0 Å². The molecule has 0 saturated heterocycles. The van der Waals surface area contributed by atoms with E-state index in [1.54, 1.807) is 0 Å². The Balaban J connectivity index is 1.48. The zero-order chi connectivity index (χ0) is 18.1. The summed E-state index contributed by atoms with van der Waals surface area (Å²) in [6, 6.07) is 14.3. The molecule has 0 amide bonds. The lowest BCUT2D eigenvalue weighted by atomic mass is 10.1. The smallest absolute Gasteiger partial charge is 0.155 e. The largest absolute Gasteiger partial charge is 0.304 e. The molecule has 4 aromatic rings. The Kier molecular flexibility index (Phi) is 4.26. The highest BCUT2D eigenvalue weighted by Gasteiger charge is 2.13. The van der Waals surface area contributed by atoms with Crippen LogP contribution in [0.15, 0.2) is 54.9 Å². The van der Waals surface area contributed by atoms with Gasteiger partial charge in [0.25, 0.3) is 0 Å². The summed E-state index contributed by atoms with van der Waals surface area (Å²) < 4.78 is 3.81. The lowest BCUT2D eigenvalue weighted by Gasteiger charge is -2.16. The van der Waals surface area contributed by atoms with E-state index >= 15 is 0 Å². The number of nitrogens with zero attached hydrogens (tertiary/aromatic N) is 5. The van der Waals surface area contributed by atoms with Crippen LogP contribution < -0.4 is 5.32 Å². The second-order valence-electron chi connectivity index (χ2n) is 6.54. The molecule has 26 heavy (non-hydrogen) atoms. The second-order valence-corrected chi connectivity index (χ2v) is 6.54. The van der Waals surface area contributed by atoms with Crippen molar-refractivity contribution in [2.24, 2.45) is 0 Å². The van der Waals surface area contributed by atoms with E-state index < -0.39 is 0 Å². The first-order chi connectivity index (χ1) is 12.6. The van der Waals surface area contributed by atoms with Crippen molar-refractivity contribution in [3.63, 3.8) is 0 Å². The van der Waals surface area contributed by atoms with Gasteiger partial charge in [-0.3, -0.25) is 0 Å². The fourth-order valence-corrected chi connectivity index (χ4v) is 3.15. The van der Waals surface area contributed by atoms with Crippen molar-refractivity contribution >= 4 is 5.65 Å². The summed E-state index contributed by atoms with van der Waals surface area (Å²) in [6.07, 6.45) is 3.93. The molecule has 0 aliphatic heterocycles. The maximum Gasteiger partial charge on any atom is 0.155 e. The summed E-state index contributed by atoms with van der Waals surface area (Å²) in [5, 5.41) is 12.7. The van der Waals surface area contributed by atoms with Crippen molar-refractivity contribution in [3.8, 4) is 5.69 Å². The number of fused-ring (bicyclic) bond motifs is 1. The van der Waals surface area contributed by atoms with E-state index in [-0.39, 0.29) is 6.04 Å². The van der Waals surface area contributed by atoms with Gasteiger partial charge in [-0.25, -0.2) is 14.2 Å². The molecule has 3 heterocycles. The molecule has 6 nitrogen and oxygen atoms in total. The molecule has 0 saturated carbocycles. The predicted molar refractivity (Wildman–Crippen MR) is 101 cm³/mol. The highest BCUT2D eigenvalue weighted by Crippen LogP contribution is 2.18. The molecule has 0 fully saturated rings. The molecule has 0 radical (unpaired) electrons. The van der Waals surface area contributed by atoms with Gasteiger partial charge in [-0.05, 0) is 39.0 Å². The van der Waals surface area contributed by atoms with Crippen molar-refractivity contribution in [3.05, 3.63) is 77.5 Å². The SMILES string of the molecule is Cc1cc2ncc(C(C)NCc3ccn(-c4ccccc4)n3)c(C)n2n1. The predicted octanol–water partition coefficient (Wildman–Crippen LogP) is 3.38. The lowest BCUT2D eigenvalue weighted by Crippen LogP contribution is -2.20. The number of hydrogen-bond donors (Lipinski definition) is 1. The van der Waals surface area contributed by atoms with E-state index in [1.807, 2.05) is 71.0 Å². The molecule has 1 N–H and O–H groups in total. The highest BCUT2D eigenvalue weighted by molar-refractivity contribution is 5.42. The first kappa shape index (κ1) is 16.5. The summed E-state index contributed by atoms with van der Waals surface area (Å²) >= 11 is 0. The van der Waals surface area contributed by atoms with Gasteiger partial charge in [-0.15, -0.1) is 0 Å². The molecular formula is C20H22N6. The third-order valence-electron chi connectivity index (χ3n) is 4.61. The minimum Gasteiger partial charge on any atom is -0.304 e. The first-order valence-electron chi connectivity index (χ1n) is 8.77. The minimum absolute atomic E-state index is 0.151. The Morgan fingerprint density at radius 1 is 1.08 bits per heavy atom. The van der Waals surface area contributed by atoms with Crippen molar-refractivity contribution in [2.45, 2.75) is 33.4 Å². The lowest BCUT2D eigenvalue weighted by molar-refractivity contribution is 0.556. The van der Waals surface area contributed by atoms with Crippen molar-refractivity contribution in [1.29, 1.82) is 0 Å². The molecule has 3 aromatic heterocycles. The second kappa shape index (κ2) is 6.72. The molecule has 0 aliphatic rings. The summed E-state index contributed by atoms with van der Waals surface area (Å²) in [7, 11) is 0. The number of rotatable bonds is 5. The van der Waals surface area contributed by atoms with Crippen LogP contribution in [0.5, 0.6) is 0 Å². The van der Waals surface area contributed by atoms with E-state index in [0.29, 0.717) is 6.54 Å². The molecule has 0 bridgehead atoms. The third-order valence-corrected chi connectivity index (χ3v) is 4.61. The molecule has 1 unspecified atom stereocenters. The van der Waals surface area contributed by atoms with E-state index in [1.165, 1.54) is 0 Å². The number of benzene rings is 1. The average molecular weight is 346 g/mol. The Morgan fingerprint density at radius 2 is 1.88 bits per heavy atom. The van der Waals surface area contributed by atoms with Gasteiger partial charge >= 0.3 is 0 Å². The molecule has 0 aliphatic carbocycles. The Hall–Kier alpha value is -2.99. The van der Waals surface area contributed by atoms with E-state index in [2.05, 4.69) is 34.3 Å². The third kappa shape index (κ3) is 3.11. The summed E-state index contributed by atoms with van der Waals surface area (Å²) in [6.45, 7) is 6.90. The van der Waals surface area contributed by atoms with Crippen LogP contribution in [0, 0.1) is 13.8 Å². The van der Waals surface area contributed by atoms with Crippen LogP contribution in [0.1, 0.15) is 35.6 Å². The fraction of sp³-hybridized carbons (Fsp3) is 0.250. The Morgan fingerprint density at radius 3 is 2.69 bits per heavy atom. The molecule has 4 rings (SSSR count). The molecule has 6 heteroatoms. The summed E-state index contributed by atoms with van der Waals surface area (Å²) in [5.74, 6) is 0. The topological polar surface area (TPSA) is 60.0 Å². The van der Waals surface area contributed by atoms with Crippen LogP contribution in [0.4, 0.5) is 0 Å². The van der Waals surface area contributed by atoms with Crippen LogP contribution >= 0.6 is 0 Å².